The van der Waals surface area contributed by atoms with Crippen molar-refractivity contribution < 1.29 is 9.47 Å². The zero-order chi connectivity index (χ0) is 11.0. The summed E-state index contributed by atoms with van der Waals surface area (Å²) in [5.74, 6) is 2.20. The van der Waals surface area contributed by atoms with Crippen LogP contribution in [0.3, 0.4) is 0 Å². The molecule has 2 aliphatic heterocycles. The van der Waals surface area contributed by atoms with Gasteiger partial charge >= 0.3 is 0 Å². The van der Waals surface area contributed by atoms with Crippen LogP contribution >= 0.6 is 0 Å². The first kappa shape index (κ1) is 9.97. The summed E-state index contributed by atoms with van der Waals surface area (Å²) in [6.45, 7) is 2.36. The quantitative estimate of drug-likeness (QED) is 0.836. The minimum atomic E-state index is 0.735. The van der Waals surface area contributed by atoms with E-state index in [0.29, 0.717) is 0 Å². The topological polar surface area (TPSA) is 44.5 Å². The number of hydrogen-bond acceptors (Lipinski definition) is 3. The molecule has 0 unspecified atom stereocenters. The highest BCUT2D eigenvalue weighted by Gasteiger charge is 2.25. The van der Waals surface area contributed by atoms with Crippen LogP contribution in [0.4, 0.5) is 0 Å². The van der Waals surface area contributed by atoms with Crippen molar-refractivity contribution >= 4 is 0 Å². The first-order valence-corrected chi connectivity index (χ1v) is 6.03. The van der Waals surface area contributed by atoms with Crippen molar-refractivity contribution in [3.8, 4) is 11.5 Å². The van der Waals surface area contributed by atoms with Gasteiger partial charge < -0.3 is 15.2 Å². The fourth-order valence-corrected chi connectivity index (χ4v) is 2.63. The van der Waals surface area contributed by atoms with Crippen LogP contribution < -0.4 is 15.2 Å². The molecule has 0 amide bonds. The Labute approximate surface area is 95.5 Å². The summed E-state index contributed by atoms with van der Waals surface area (Å²) < 4.78 is 11.4. The lowest BCUT2D eigenvalue weighted by atomic mass is 9.96. The average Bonchev–Trinajstić information content (AvgIpc) is 2.91. The molecule has 0 atom stereocenters. The van der Waals surface area contributed by atoms with Crippen LogP contribution in [0.25, 0.3) is 0 Å². The molecule has 2 aliphatic rings. The minimum absolute atomic E-state index is 0.735. The van der Waals surface area contributed by atoms with Crippen LogP contribution in [0.5, 0.6) is 11.5 Å². The molecular formula is C13H17NO2. The number of fused-ring (bicyclic) bond motifs is 2. The Balaban J connectivity index is 2.05. The molecule has 3 heteroatoms. The molecule has 16 heavy (non-hydrogen) atoms. The van der Waals surface area contributed by atoms with Crippen molar-refractivity contribution in [3.63, 3.8) is 0 Å². The Hall–Kier alpha value is -1.22. The van der Waals surface area contributed by atoms with E-state index in [0.717, 1.165) is 56.9 Å². The van der Waals surface area contributed by atoms with E-state index < -0.39 is 0 Å². The van der Waals surface area contributed by atoms with Crippen LogP contribution in [-0.4, -0.2) is 19.8 Å². The molecule has 0 saturated heterocycles. The predicted octanol–water partition coefficient (Wildman–Crippen LogP) is 1.45. The third-order valence-electron chi connectivity index (χ3n) is 3.39. The molecule has 0 aliphatic carbocycles. The summed E-state index contributed by atoms with van der Waals surface area (Å²) in [4.78, 5) is 0. The molecule has 0 aromatic heterocycles. The number of benzene rings is 1. The molecule has 0 bridgehead atoms. The van der Waals surface area contributed by atoms with Gasteiger partial charge in [-0.1, -0.05) is 0 Å². The Bertz CT molecular complexity index is 383. The Kier molecular flexibility index (Phi) is 2.48. The van der Waals surface area contributed by atoms with Crippen molar-refractivity contribution in [1.29, 1.82) is 0 Å². The summed E-state index contributed by atoms with van der Waals surface area (Å²) in [6, 6.07) is 2.16. The van der Waals surface area contributed by atoms with Crippen molar-refractivity contribution in [2.75, 3.05) is 19.8 Å². The molecule has 0 saturated carbocycles. The van der Waals surface area contributed by atoms with Gasteiger partial charge in [0.1, 0.15) is 11.5 Å². The maximum absolute atomic E-state index is 5.76. The molecule has 2 heterocycles. The van der Waals surface area contributed by atoms with E-state index in [1.807, 2.05) is 0 Å². The van der Waals surface area contributed by atoms with Crippen LogP contribution in [0, 0.1) is 0 Å². The molecule has 3 nitrogen and oxygen atoms in total. The van der Waals surface area contributed by atoms with Crippen LogP contribution in [0.1, 0.15) is 23.1 Å². The highest BCUT2D eigenvalue weighted by molar-refractivity contribution is 5.56. The SMILES string of the molecule is NCCCc1c2c(cc3c1OCC3)OCC2. The lowest BCUT2D eigenvalue weighted by molar-refractivity contribution is 0.352. The summed E-state index contributed by atoms with van der Waals surface area (Å²) in [5, 5.41) is 0. The van der Waals surface area contributed by atoms with Gasteiger partial charge in [-0.25, -0.2) is 0 Å². The van der Waals surface area contributed by atoms with Crippen molar-refractivity contribution in [2.45, 2.75) is 25.7 Å². The second-order valence-electron chi connectivity index (χ2n) is 4.41. The van der Waals surface area contributed by atoms with Crippen LogP contribution in [0.2, 0.25) is 0 Å². The van der Waals surface area contributed by atoms with Gasteiger partial charge in [0.25, 0.3) is 0 Å². The van der Waals surface area contributed by atoms with E-state index in [1.165, 1.54) is 16.7 Å². The maximum Gasteiger partial charge on any atom is 0.126 e. The first-order chi connectivity index (χ1) is 7.90. The fraction of sp³-hybridized carbons (Fsp3) is 0.538. The van der Waals surface area contributed by atoms with Gasteiger partial charge in [0, 0.05) is 29.5 Å². The van der Waals surface area contributed by atoms with E-state index >= 15 is 0 Å². The van der Waals surface area contributed by atoms with Gasteiger partial charge in [-0.3, -0.25) is 0 Å². The summed E-state index contributed by atoms with van der Waals surface area (Å²) in [5.41, 5.74) is 9.62. The Morgan fingerprint density at radius 3 is 2.94 bits per heavy atom. The monoisotopic (exact) mass is 219 g/mol. The zero-order valence-electron chi connectivity index (χ0n) is 9.42. The Morgan fingerprint density at radius 1 is 1.19 bits per heavy atom. The van der Waals surface area contributed by atoms with Crippen LogP contribution in [-0.2, 0) is 19.3 Å². The van der Waals surface area contributed by atoms with E-state index in [1.54, 1.807) is 0 Å². The minimum Gasteiger partial charge on any atom is -0.493 e. The highest BCUT2D eigenvalue weighted by atomic mass is 16.5. The number of ether oxygens (including phenoxy) is 2. The zero-order valence-corrected chi connectivity index (χ0v) is 9.42. The normalized spacial score (nSPS) is 16.6. The predicted molar refractivity (Wildman–Crippen MR) is 62.2 cm³/mol. The third kappa shape index (κ3) is 1.47. The van der Waals surface area contributed by atoms with Crippen molar-refractivity contribution in [1.82, 2.24) is 0 Å². The first-order valence-electron chi connectivity index (χ1n) is 6.03. The van der Waals surface area contributed by atoms with E-state index in [2.05, 4.69) is 6.07 Å². The molecule has 86 valence electrons. The van der Waals surface area contributed by atoms with Gasteiger partial charge in [-0.15, -0.1) is 0 Å². The van der Waals surface area contributed by atoms with E-state index in [-0.39, 0.29) is 0 Å². The van der Waals surface area contributed by atoms with Crippen molar-refractivity contribution in [2.24, 2.45) is 5.73 Å². The molecule has 3 rings (SSSR count). The van der Waals surface area contributed by atoms with E-state index in [9.17, 15) is 0 Å². The number of hydrogen-bond donors (Lipinski definition) is 1. The van der Waals surface area contributed by atoms with E-state index in [4.69, 9.17) is 15.2 Å². The van der Waals surface area contributed by atoms with Gasteiger partial charge in [0.05, 0.1) is 13.2 Å². The van der Waals surface area contributed by atoms with Gasteiger partial charge in [-0.2, -0.15) is 0 Å². The second-order valence-corrected chi connectivity index (χ2v) is 4.41. The highest BCUT2D eigenvalue weighted by Crippen LogP contribution is 2.40. The maximum atomic E-state index is 5.76. The molecule has 1 aromatic rings. The lowest BCUT2D eigenvalue weighted by Crippen LogP contribution is -2.03. The third-order valence-corrected chi connectivity index (χ3v) is 3.39. The number of rotatable bonds is 3. The summed E-state index contributed by atoms with van der Waals surface area (Å²) in [6.07, 6.45) is 4.07. The van der Waals surface area contributed by atoms with Crippen molar-refractivity contribution in [3.05, 3.63) is 22.8 Å². The second kappa shape index (κ2) is 3.98. The summed E-state index contributed by atoms with van der Waals surface area (Å²) in [7, 11) is 0. The van der Waals surface area contributed by atoms with Gasteiger partial charge in [-0.05, 0) is 25.5 Å². The average molecular weight is 219 g/mol. The standard InChI is InChI=1S/C13H17NO2/c14-5-1-2-11-10-4-7-15-12(10)8-9-3-6-16-13(9)11/h8H,1-7,14H2. The van der Waals surface area contributed by atoms with Gasteiger partial charge in [0.15, 0.2) is 0 Å². The Morgan fingerprint density at radius 2 is 2.06 bits per heavy atom. The lowest BCUT2D eigenvalue weighted by Gasteiger charge is -2.12. The molecular weight excluding hydrogens is 202 g/mol. The molecule has 0 spiro atoms. The number of nitrogens with two attached hydrogens (primary N) is 1. The van der Waals surface area contributed by atoms with Crippen LogP contribution in [0.15, 0.2) is 6.07 Å². The largest absolute Gasteiger partial charge is 0.493 e. The fourth-order valence-electron chi connectivity index (χ4n) is 2.63. The smallest absolute Gasteiger partial charge is 0.126 e. The molecule has 1 aromatic carbocycles. The molecule has 0 radical (unpaired) electrons. The molecule has 0 fully saturated rings. The van der Waals surface area contributed by atoms with Gasteiger partial charge in [0.2, 0.25) is 0 Å². The summed E-state index contributed by atoms with van der Waals surface area (Å²) >= 11 is 0. The molecule has 2 N–H and O–H groups in total.